The van der Waals surface area contributed by atoms with Crippen LogP contribution in [0.15, 0.2) is 54.7 Å². The van der Waals surface area contributed by atoms with Gasteiger partial charge in [0.05, 0.1) is 11.8 Å². The van der Waals surface area contributed by atoms with E-state index in [1.165, 1.54) is 6.26 Å². The third kappa shape index (κ3) is 4.92. The molecule has 1 aliphatic heterocycles. The number of carbonyl (C=O) groups excluding carboxylic acids is 2. The van der Waals surface area contributed by atoms with Crippen molar-refractivity contribution >= 4 is 32.4 Å². The van der Waals surface area contributed by atoms with E-state index in [9.17, 15) is 18.0 Å². The fourth-order valence-corrected chi connectivity index (χ4v) is 4.77. The first kappa shape index (κ1) is 22.2. The van der Waals surface area contributed by atoms with Gasteiger partial charge in [0.1, 0.15) is 9.84 Å². The van der Waals surface area contributed by atoms with Crippen LogP contribution in [0.3, 0.4) is 0 Å². The number of aromatic nitrogens is 1. The molecule has 2 heterocycles. The number of amides is 1. The number of aromatic amines is 1. The Morgan fingerprint density at radius 1 is 1.22 bits per heavy atom. The van der Waals surface area contributed by atoms with Crippen molar-refractivity contribution in [3.8, 4) is 0 Å². The van der Waals surface area contributed by atoms with E-state index in [4.69, 9.17) is 0 Å². The fourth-order valence-electron chi connectivity index (χ4n) is 4.17. The van der Waals surface area contributed by atoms with Gasteiger partial charge in [-0.25, -0.2) is 8.42 Å². The summed E-state index contributed by atoms with van der Waals surface area (Å²) < 4.78 is 23.1. The molecular formula is C24H27N3O4S. The number of hydrogen-bond donors (Lipinski definition) is 2. The summed E-state index contributed by atoms with van der Waals surface area (Å²) in [5, 5.41) is 4.17. The highest BCUT2D eigenvalue weighted by molar-refractivity contribution is 7.90. The van der Waals surface area contributed by atoms with Crippen LogP contribution in [0.2, 0.25) is 0 Å². The number of rotatable bonds is 8. The second-order valence-corrected chi connectivity index (χ2v) is 10.8. The highest BCUT2D eigenvalue weighted by Gasteiger charge is 2.32. The molecule has 8 heteroatoms. The first-order valence-electron chi connectivity index (χ1n) is 10.6. The second kappa shape index (κ2) is 8.88. The third-order valence-corrected chi connectivity index (χ3v) is 6.86. The number of ketones is 1. The van der Waals surface area contributed by atoms with Crippen LogP contribution in [0.5, 0.6) is 0 Å². The summed E-state index contributed by atoms with van der Waals surface area (Å²) in [5.74, 6) is 0.0259. The highest BCUT2D eigenvalue weighted by Crippen LogP contribution is 2.27. The zero-order valence-electron chi connectivity index (χ0n) is 18.2. The van der Waals surface area contributed by atoms with Crippen LogP contribution in [0, 0.1) is 0 Å². The molecule has 0 spiro atoms. The lowest BCUT2D eigenvalue weighted by atomic mass is 9.95. The smallest absolute Gasteiger partial charge is 0.224 e. The summed E-state index contributed by atoms with van der Waals surface area (Å²) in [6.07, 6.45) is 3.68. The molecule has 0 radical (unpaired) electrons. The fraction of sp³-hybridized carbons (Fsp3) is 0.333. The summed E-state index contributed by atoms with van der Waals surface area (Å²) in [6, 6.07) is 14.4. The standard InChI is InChI=1S/C24H27N3O4S/c1-27-15-18(13-22(27)28)26-23(17-6-4-3-5-7-17)24(29)20-14-25-21-9-8-16(12-19(20)21)10-11-32(2,30)31/h3-9,12,14,18,23,25-26H,10-11,13,15H2,1-2H3. The predicted molar refractivity (Wildman–Crippen MR) is 124 cm³/mol. The van der Waals surface area contributed by atoms with E-state index in [2.05, 4.69) is 10.3 Å². The maximum Gasteiger partial charge on any atom is 0.224 e. The van der Waals surface area contributed by atoms with Gasteiger partial charge in [-0.1, -0.05) is 36.4 Å². The zero-order chi connectivity index (χ0) is 22.9. The van der Waals surface area contributed by atoms with Crippen molar-refractivity contribution in [1.82, 2.24) is 15.2 Å². The van der Waals surface area contributed by atoms with Crippen molar-refractivity contribution in [1.29, 1.82) is 0 Å². The molecule has 0 saturated carbocycles. The van der Waals surface area contributed by atoms with Crippen molar-refractivity contribution in [3.63, 3.8) is 0 Å². The van der Waals surface area contributed by atoms with Crippen molar-refractivity contribution in [3.05, 3.63) is 71.4 Å². The highest BCUT2D eigenvalue weighted by atomic mass is 32.2. The van der Waals surface area contributed by atoms with Gasteiger partial charge in [-0.3, -0.25) is 14.9 Å². The average molecular weight is 454 g/mol. The molecule has 3 aromatic rings. The van der Waals surface area contributed by atoms with E-state index in [0.717, 1.165) is 22.0 Å². The number of likely N-dealkylation sites (tertiary alicyclic amines) is 1. The maximum atomic E-state index is 13.7. The van der Waals surface area contributed by atoms with Crippen molar-refractivity contribution < 1.29 is 18.0 Å². The molecule has 2 atom stereocenters. The number of nitrogens with zero attached hydrogens (tertiary/aromatic N) is 1. The number of aryl methyl sites for hydroxylation is 1. The lowest BCUT2D eigenvalue weighted by Gasteiger charge is -2.22. The molecule has 32 heavy (non-hydrogen) atoms. The monoisotopic (exact) mass is 453 g/mol. The predicted octanol–water partition coefficient (Wildman–Crippen LogP) is 2.50. The molecule has 1 amide bonds. The minimum atomic E-state index is -3.08. The Morgan fingerprint density at radius 3 is 2.62 bits per heavy atom. The van der Waals surface area contributed by atoms with E-state index < -0.39 is 15.9 Å². The molecule has 4 rings (SSSR count). The molecule has 1 fully saturated rings. The van der Waals surface area contributed by atoms with E-state index in [0.29, 0.717) is 24.9 Å². The molecular weight excluding hydrogens is 426 g/mol. The van der Waals surface area contributed by atoms with Gasteiger partial charge in [0.2, 0.25) is 5.91 Å². The van der Waals surface area contributed by atoms with Crippen molar-refractivity contribution in [2.75, 3.05) is 25.6 Å². The Labute approximate surface area is 187 Å². The first-order chi connectivity index (χ1) is 15.2. The Balaban J connectivity index is 1.66. The molecule has 1 aliphatic rings. The van der Waals surface area contributed by atoms with Crippen LogP contribution in [0.4, 0.5) is 0 Å². The SMILES string of the molecule is CN1CC(NC(C(=O)c2c[nH]c3ccc(CCS(C)(=O)=O)cc23)c2ccccc2)CC1=O. The zero-order valence-corrected chi connectivity index (χ0v) is 19.0. The maximum absolute atomic E-state index is 13.7. The van der Waals surface area contributed by atoms with Crippen LogP contribution < -0.4 is 5.32 Å². The minimum absolute atomic E-state index is 0.0592. The third-order valence-electron chi connectivity index (χ3n) is 5.91. The van der Waals surface area contributed by atoms with Crippen LogP contribution in [-0.2, 0) is 21.1 Å². The van der Waals surface area contributed by atoms with E-state index in [-0.39, 0.29) is 23.5 Å². The number of nitrogens with one attached hydrogen (secondary N) is 2. The Hall–Kier alpha value is -2.97. The average Bonchev–Trinajstić information content (AvgIpc) is 3.32. The van der Waals surface area contributed by atoms with Crippen molar-refractivity contribution in [2.24, 2.45) is 0 Å². The Bertz CT molecular complexity index is 1250. The lowest BCUT2D eigenvalue weighted by molar-refractivity contribution is -0.126. The normalized spacial score (nSPS) is 17.8. The summed E-state index contributed by atoms with van der Waals surface area (Å²) >= 11 is 0. The quantitative estimate of drug-likeness (QED) is 0.511. The van der Waals surface area contributed by atoms with Gasteiger partial charge in [0.15, 0.2) is 5.78 Å². The number of sulfone groups is 1. The number of carbonyl (C=O) groups is 2. The minimum Gasteiger partial charge on any atom is -0.360 e. The Kier molecular flexibility index (Phi) is 6.17. The molecule has 168 valence electrons. The number of fused-ring (bicyclic) bond motifs is 1. The van der Waals surface area contributed by atoms with Crippen LogP contribution >= 0.6 is 0 Å². The van der Waals surface area contributed by atoms with E-state index in [1.807, 2.05) is 48.5 Å². The van der Waals surface area contributed by atoms with Gasteiger partial charge in [0, 0.05) is 55.0 Å². The van der Waals surface area contributed by atoms with Crippen LogP contribution in [-0.4, -0.2) is 61.6 Å². The molecule has 0 bridgehead atoms. The van der Waals surface area contributed by atoms with Gasteiger partial charge in [-0.2, -0.15) is 0 Å². The van der Waals surface area contributed by atoms with Crippen LogP contribution in [0.25, 0.3) is 10.9 Å². The van der Waals surface area contributed by atoms with Gasteiger partial charge < -0.3 is 9.88 Å². The number of H-pyrrole nitrogens is 1. The second-order valence-electron chi connectivity index (χ2n) is 8.51. The molecule has 7 nitrogen and oxygen atoms in total. The largest absolute Gasteiger partial charge is 0.360 e. The topological polar surface area (TPSA) is 99.3 Å². The molecule has 1 saturated heterocycles. The van der Waals surface area contributed by atoms with Crippen LogP contribution in [0.1, 0.15) is 33.9 Å². The molecule has 2 unspecified atom stereocenters. The molecule has 1 aromatic heterocycles. The van der Waals surface area contributed by atoms with Gasteiger partial charge >= 0.3 is 0 Å². The van der Waals surface area contributed by atoms with Gasteiger partial charge in [-0.15, -0.1) is 0 Å². The lowest BCUT2D eigenvalue weighted by Crippen LogP contribution is -2.38. The Morgan fingerprint density at radius 2 is 1.97 bits per heavy atom. The number of likely N-dealkylation sites (N-methyl/N-ethyl adjacent to an activating group) is 1. The first-order valence-corrected chi connectivity index (χ1v) is 12.6. The van der Waals surface area contributed by atoms with Gasteiger partial charge in [0.25, 0.3) is 0 Å². The molecule has 0 aliphatic carbocycles. The molecule has 2 N–H and O–H groups in total. The molecule has 2 aromatic carbocycles. The summed E-state index contributed by atoms with van der Waals surface area (Å²) in [6.45, 7) is 0.555. The number of hydrogen-bond acceptors (Lipinski definition) is 5. The van der Waals surface area contributed by atoms with E-state index >= 15 is 0 Å². The van der Waals surface area contributed by atoms with E-state index in [1.54, 1.807) is 18.1 Å². The summed E-state index contributed by atoms with van der Waals surface area (Å²) in [7, 11) is -1.31. The number of Topliss-reactive ketones (excluding diaryl/α,β-unsaturated/α-hetero) is 1. The summed E-state index contributed by atoms with van der Waals surface area (Å²) in [4.78, 5) is 30.5. The summed E-state index contributed by atoms with van der Waals surface area (Å²) in [5.41, 5.74) is 3.06. The van der Waals surface area contributed by atoms with Gasteiger partial charge in [-0.05, 0) is 29.7 Å². The van der Waals surface area contributed by atoms with Crippen molar-refractivity contribution in [2.45, 2.75) is 24.9 Å². The number of benzene rings is 2.